The van der Waals surface area contributed by atoms with Crippen LogP contribution >= 0.6 is 0 Å². The molecule has 0 fully saturated rings. The minimum absolute atomic E-state index is 0.310. The molecule has 2 N–H and O–H groups in total. The van der Waals surface area contributed by atoms with Crippen LogP contribution in [0.3, 0.4) is 0 Å². The van der Waals surface area contributed by atoms with Crippen LogP contribution in [0, 0.1) is 0 Å². The van der Waals surface area contributed by atoms with Gasteiger partial charge in [-0.05, 0) is 6.07 Å². The molecule has 1 rings (SSSR count). The monoisotopic (exact) mass is 181 g/mol. The van der Waals surface area contributed by atoms with E-state index < -0.39 is 0 Å². The maximum atomic E-state index is 11.2. The van der Waals surface area contributed by atoms with Gasteiger partial charge < -0.3 is 4.90 Å². The number of carbonyl (C=O) groups is 1. The lowest BCUT2D eigenvalue weighted by atomic mass is 10.4. The first-order chi connectivity index (χ1) is 6.20. The minimum Gasteiger partial charge on any atom is -0.367 e. The van der Waals surface area contributed by atoms with E-state index in [1.54, 1.807) is 11.0 Å². The number of hydrogen-bond donors (Lipinski definition) is 2. The number of nitrogens with one attached hydrogen (secondary N) is 2. The number of amides is 1. The van der Waals surface area contributed by atoms with Gasteiger partial charge in [-0.2, -0.15) is 10.2 Å². The summed E-state index contributed by atoms with van der Waals surface area (Å²) < 4.78 is 0. The van der Waals surface area contributed by atoms with Gasteiger partial charge >= 0.3 is 0 Å². The normalized spacial score (nSPS) is 10.3. The van der Waals surface area contributed by atoms with E-state index in [-0.39, 0.29) is 5.91 Å². The molecule has 0 aliphatic rings. The quantitative estimate of drug-likeness (QED) is 0.380. The molecule has 1 heterocycles. The first kappa shape index (κ1) is 9.24. The summed E-state index contributed by atoms with van der Waals surface area (Å²) in [7, 11) is 3.62. The van der Waals surface area contributed by atoms with Crippen molar-refractivity contribution in [3.63, 3.8) is 0 Å². The van der Waals surface area contributed by atoms with Gasteiger partial charge in [0, 0.05) is 20.3 Å². The minimum atomic E-state index is -0.310. The van der Waals surface area contributed by atoms with Crippen LogP contribution in [0.25, 0.3) is 0 Å². The van der Waals surface area contributed by atoms with E-state index in [1.165, 1.54) is 12.5 Å². The Labute approximate surface area is 75.6 Å². The Bertz CT molecular complexity index is 290. The summed E-state index contributed by atoms with van der Waals surface area (Å²) in [5, 5.41) is 9.84. The zero-order chi connectivity index (χ0) is 9.68. The van der Waals surface area contributed by atoms with Gasteiger partial charge in [-0.25, -0.2) is 5.43 Å². The highest BCUT2D eigenvalue weighted by atomic mass is 16.2. The molecule has 1 aromatic heterocycles. The average Bonchev–Trinajstić information content (AvgIpc) is 2.55. The van der Waals surface area contributed by atoms with Crippen LogP contribution in [0.15, 0.2) is 17.4 Å². The van der Waals surface area contributed by atoms with Crippen LogP contribution in [-0.2, 0) is 0 Å². The van der Waals surface area contributed by atoms with Crippen molar-refractivity contribution in [3.8, 4) is 0 Å². The average molecular weight is 181 g/mol. The van der Waals surface area contributed by atoms with Crippen LogP contribution in [-0.4, -0.2) is 41.4 Å². The largest absolute Gasteiger partial charge is 0.367 e. The third-order valence-electron chi connectivity index (χ3n) is 1.20. The molecule has 0 spiro atoms. The van der Waals surface area contributed by atoms with Gasteiger partial charge in [-0.1, -0.05) is 0 Å². The van der Waals surface area contributed by atoms with Crippen molar-refractivity contribution in [1.82, 2.24) is 20.5 Å². The first-order valence-electron chi connectivity index (χ1n) is 3.69. The number of rotatable bonds is 3. The Balaban J connectivity index is 2.43. The van der Waals surface area contributed by atoms with E-state index in [2.05, 4.69) is 20.7 Å². The second-order valence-electron chi connectivity index (χ2n) is 2.62. The lowest BCUT2D eigenvalue weighted by molar-refractivity contribution is 0.0949. The fraction of sp³-hybridized carbons (Fsp3) is 0.286. The van der Waals surface area contributed by atoms with Crippen molar-refractivity contribution in [1.29, 1.82) is 0 Å². The molecule has 1 amide bonds. The molecular formula is C7H11N5O. The molecule has 0 radical (unpaired) electrons. The van der Waals surface area contributed by atoms with E-state index in [0.717, 1.165) is 0 Å². The van der Waals surface area contributed by atoms with Gasteiger partial charge in [-0.15, -0.1) is 0 Å². The van der Waals surface area contributed by atoms with Gasteiger partial charge in [0.25, 0.3) is 5.91 Å². The predicted molar refractivity (Wildman–Crippen MR) is 48.2 cm³/mol. The number of carbonyl (C=O) groups excluding carboxylic acids is 1. The fourth-order valence-corrected chi connectivity index (χ4v) is 0.646. The van der Waals surface area contributed by atoms with Crippen LogP contribution in [0.5, 0.6) is 0 Å². The summed E-state index contributed by atoms with van der Waals surface area (Å²) in [5.41, 5.74) is 2.72. The van der Waals surface area contributed by atoms with Gasteiger partial charge in [-0.3, -0.25) is 9.89 Å². The van der Waals surface area contributed by atoms with E-state index in [1.807, 2.05) is 14.1 Å². The molecule has 6 nitrogen and oxygen atoms in total. The zero-order valence-corrected chi connectivity index (χ0v) is 7.48. The first-order valence-corrected chi connectivity index (χ1v) is 3.69. The number of hydrazone groups is 1. The van der Waals surface area contributed by atoms with Crippen molar-refractivity contribution in [3.05, 3.63) is 18.0 Å². The molecule has 6 heteroatoms. The van der Waals surface area contributed by atoms with E-state index >= 15 is 0 Å². The highest BCUT2D eigenvalue weighted by molar-refractivity contribution is 5.92. The molecule has 0 saturated carbocycles. The lowest BCUT2D eigenvalue weighted by Crippen LogP contribution is -2.20. The number of aromatic nitrogens is 2. The Morgan fingerprint density at radius 2 is 2.54 bits per heavy atom. The Morgan fingerprint density at radius 3 is 3.08 bits per heavy atom. The standard InChI is InChI=1S/C7H11N5O/c1-12(2)5-9-11-7(13)6-3-4-8-10-6/h3-5H,1-2H3,(H,8,10)(H,11,13)/b9-5+. The number of aromatic amines is 1. The summed E-state index contributed by atoms with van der Waals surface area (Å²) in [6, 6.07) is 1.57. The van der Waals surface area contributed by atoms with E-state index in [0.29, 0.717) is 5.69 Å². The predicted octanol–water partition coefficient (Wildman–Crippen LogP) is -0.356. The number of nitrogens with zero attached hydrogens (tertiary/aromatic N) is 3. The number of hydrogen-bond acceptors (Lipinski definition) is 3. The lowest BCUT2D eigenvalue weighted by Gasteiger charge is -2.01. The fourth-order valence-electron chi connectivity index (χ4n) is 0.646. The molecule has 0 aliphatic carbocycles. The summed E-state index contributed by atoms with van der Waals surface area (Å²) >= 11 is 0. The van der Waals surface area contributed by atoms with Gasteiger partial charge in [0.2, 0.25) is 0 Å². The van der Waals surface area contributed by atoms with Crippen molar-refractivity contribution < 1.29 is 4.79 Å². The second kappa shape index (κ2) is 4.24. The molecule has 0 atom stereocenters. The van der Waals surface area contributed by atoms with E-state index in [4.69, 9.17) is 0 Å². The molecular weight excluding hydrogens is 170 g/mol. The highest BCUT2D eigenvalue weighted by Gasteiger charge is 2.03. The topological polar surface area (TPSA) is 73.4 Å². The maximum absolute atomic E-state index is 11.2. The van der Waals surface area contributed by atoms with E-state index in [9.17, 15) is 4.79 Å². The van der Waals surface area contributed by atoms with Crippen molar-refractivity contribution in [2.75, 3.05) is 14.1 Å². The smallest absolute Gasteiger partial charge is 0.289 e. The summed E-state index contributed by atoms with van der Waals surface area (Å²) in [5.74, 6) is -0.310. The summed E-state index contributed by atoms with van der Waals surface area (Å²) in [6.45, 7) is 0. The van der Waals surface area contributed by atoms with Crippen LogP contribution < -0.4 is 5.43 Å². The molecule has 0 unspecified atom stereocenters. The number of H-pyrrole nitrogens is 1. The third kappa shape index (κ3) is 2.94. The van der Waals surface area contributed by atoms with Gasteiger partial charge in [0.05, 0.1) is 0 Å². The second-order valence-corrected chi connectivity index (χ2v) is 2.62. The van der Waals surface area contributed by atoms with Crippen LogP contribution in [0.2, 0.25) is 0 Å². The molecule has 0 saturated heterocycles. The summed E-state index contributed by atoms with van der Waals surface area (Å²) in [4.78, 5) is 12.9. The molecule has 70 valence electrons. The molecule has 0 bridgehead atoms. The molecule has 0 aromatic carbocycles. The third-order valence-corrected chi connectivity index (χ3v) is 1.20. The Kier molecular flexibility index (Phi) is 3.02. The zero-order valence-electron chi connectivity index (χ0n) is 7.48. The molecule has 0 aliphatic heterocycles. The van der Waals surface area contributed by atoms with Gasteiger partial charge in [0.1, 0.15) is 12.0 Å². The van der Waals surface area contributed by atoms with Gasteiger partial charge in [0.15, 0.2) is 0 Å². The van der Waals surface area contributed by atoms with Crippen LogP contribution in [0.1, 0.15) is 10.5 Å². The summed E-state index contributed by atoms with van der Waals surface area (Å²) in [6.07, 6.45) is 3.00. The van der Waals surface area contributed by atoms with Crippen molar-refractivity contribution >= 4 is 12.2 Å². The van der Waals surface area contributed by atoms with Crippen molar-refractivity contribution in [2.24, 2.45) is 5.10 Å². The van der Waals surface area contributed by atoms with Crippen molar-refractivity contribution in [2.45, 2.75) is 0 Å². The highest BCUT2D eigenvalue weighted by Crippen LogP contribution is 1.89. The van der Waals surface area contributed by atoms with Crippen LogP contribution in [0.4, 0.5) is 0 Å². The molecule has 13 heavy (non-hydrogen) atoms. The Morgan fingerprint density at radius 1 is 1.77 bits per heavy atom. The Hall–Kier alpha value is -1.85. The maximum Gasteiger partial charge on any atom is 0.289 e. The molecule has 1 aromatic rings. The SMILES string of the molecule is CN(C)/C=N/NC(=O)c1ccn[nH]1.